The van der Waals surface area contributed by atoms with E-state index in [0.717, 1.165) is 0 Å². The van der Waals surface area contributed by atoms with Gasteiger partial charge in [-0.1, -0.05) is 0 Å². The minimum Gasteiger partial charge on any atom is -0.716 e. The van der Waals surface area contributed by atoms with Crippen LogP contribution in [-0.4, -0.2) is 46.7 Å². The van der Waals surface area contributed by atoms with Crippen LogP contribution in [0, 0.1) is 0 Å². The zero-order chi connectivity index (χ0) is 12.9. The molecule has 12 nitrogen and oxygen atoms in total. The molecular weight excluding hydrogens is 312 g/mol. The maximum Gasteiger partial charge on any atom is 3.00 e. The van der Waals surface area contributed by atoms with Crippen LogP contribution in [0.5, 0.6) is 0 Å². The van der Waals surface area contributed by atoms with E-state index in [2.05, 4.69) is 14.0 Å². The molecule has 0 aliphatic rings. The summed E-state index contributed by atoms with van der Waals surface area (Å²) in [4.78, 5) is 44.7. The van der Waals surface area contributed by atoms with Gasteiger partial charge in [0.2, 0.25) is 0 Å². The van der Waals surface area contributed by atoms with Crippen LogP contribution in [0.25, 0.3) is 0 Å². The first-order chi connectivity index (χ1) is 6.81. The Bertz CT molecular complexity index is 77.2. The largest absolute Gasteiger partial charge is 3.00 e. The second kappa shape index (κ2) is 21.6. The zero-order valence-corrected chi connectivity index (χ0v) is 10.9. The van der Waals surface area contributed by atoms with Gasteiger partial charge in [-0.2, -0.15) is 0 Å². The molecule has 0 aromatic carbocycles. The summed E-state index contributed by atoms with van der Waals surface area (Å²) in [6, 6.07) is 0. The van der Waals surface area contributed by atoms with Crippen molar-refractivity contribution in [2.75, 3.05) is 0 Å². The van der Waals surface area contributed by atoms with E-state index >= 15 is 0 Å². The average Bonchev–Trinajstić information content (AvgIpc) is 2.19. The maximum atomic E-state index is 8.66. The quantitative estimate of drug-likeness (QED) is 0.125. The zero-order valence-electron chi connectivity index (χ0n) is 7.05. The molecule has 0 amide bonds. The van der Waals surface area contributed by atoms with E-state index in [1.807, 2.05) is 0 Å². The van der Waals surface area contributed by atoms with Crippen LogP contribution in [0.1, 0.15) is 0 Å². The SMILES string of the molecule is [Al+3].[O-]OP(O)O.[O-]OP(O)O.[O-]OP(O)O. The van der Waals surface area contributed by atoms with Crippen LogP contribution in [0.2, 0.25) is 0 Å². The first-order valence-electron chi connectivity index (χ1n) is 2.25. The van der Waals surface area contributed by atoms with Crippen molar-refractivity contribution in [3.8, 4) is 0 Å². The van der Waals surface area contributed by atoms with Gasteiger partial charge in [0.1, 0.15) is 0 Å². The maximum absolute atomic E-state index is 8.66. The predicted molar refractivity (Wildman–Crippen MR) is 43.1 cm³/mol. The van der Waals surface area contributed by atoms with E-state index in [9.17, 15) is 0 Å². The van der Waals surface area contributed by atoms with Gasteiger partial charge in [0.25, 0.3) is 0 Å². The predicted octanol–water partition coefficient (Wildman–Crippen LogP) is -4.91. The van der Waals surface area contributed by atoms with Crippen molar-refractivity contribution in [1.29, 1.82) is 0 Å². The molecule has 0 aliphatic carbocycles. The van der Waals surface area contributed by atoms with Gasteiger partial charge in [-0.3, -0.25) is 0 Å². The Balaban J connectivity index is -0.0000000655. The summed E-state index contributed by atoms with van der Waals surface area (Å²) in [6.07, 6.45) is 0. The van der Waals surface area contributed by atoms with Crippen molar-refractivity contribution in [2.24, 2.45) is 0 Å². The first kappa shape index (κ1) is 26.0. The van der Waals surface area contributed by atoms with E-state index in [4.69, 9.17) is 45.1 Å². The van der Waals surface area contributed by atoms with Gasteiger partial charge in [-0.15, -0.1) is 0 Å². The Morgan fingerprint density at radius 1 is 0.562 bits per heavy atom. The Kier molecular flexibility index (Phi) is 35.1. The van der Waals surface area contributed by atoms with Gasteiger partial charge in [-0.05, 0) is 0 Å². The van der Waals surface area contributed by atoms with Gasteiger partial charge in [-0.25, -0.2) is 0 Å². The van der Waals surface area contributed by atoms with Crippen molar-refractivity contribution < 1.29 is 59.2 Å². The molecule has 0 saturated carbocycles. The summed E-state index contributed by atoms with van der Waals surface area (Å²) < 4.78 is 8.03. The van der Waals surface area contributed by atoms with Gasteiger partial charge < -0.3 is 59.2 Å². The van der Waals surface area contributed by atoms with Crippen molar-refractivity contribution in [2.45, 2.75) is 0 Å². The third-order valence-corrected chi connectivity index (χ3v) is 0.600. The molecule has 0 bridgehead atoms. The van der Waals surface area contributed by atoms with E-state index < -0.39 is 25.8 Å². The second-order valence-corrected chi connectivity index (χ2v) is 2.95. The van der Waals surface area contributed by atoms with Gasteiger partial charge in [0, 0.05) is 0 Å². The van der Waals surface area contributed by atoms with Crippen LogP contribution < -0.4 is 15.8 Å². The van der Waals surface area contributed by atoms with Gasteiger partial charge in [0.15, 0.2) is 0 Å². The average molecular weight is 318 g/mol. The Morgan fingerprint density at radius 2 is 0.625 bits per heavy atom. The second-order valence-electron chi connectivity index (χ2n) is 0.982. The third kappa shape index (κ3) is 58.5. The van der Waals surface area contributed by atoms with Crippen LogP contribution in [0.3, 0.4) is 0 Å². The van der Waals surface area contributed by atoms with Crippen LogP contribution >= 0.6 is 25.8 Å². The summed E-state index contributed by atoms with van der Waals surface area (Å²) >= 11 is 0. The fraction of sp³-hybridized carbons (Fsp3) is 0. The van der Waals surface area contributed by atoms with E-state index in [-0.39, 0.29) is 17.4 Å². The van der Waals surface area contributed by atoms with Crippen LogP contribution in [0.15, 0.2) is 0 Å². The molecule has 0 unspecified atom stereocenters. The Morgan fingerprint density at radius 3 is 0.625 bits per heavy atom. The molecule has 0 heterocycles. The standard InChI is InChI=1S/Al.3H3O4P/c;3*1-4-5(2)3/h;3*1-3H/q+3;;;/p-3. The molecule has 0 aliphatic heterocycles. The third-order valence-electron chi connectivity index (χ3n) is 0.200. The summed E-state index contributed by atoms with van der Waals surface area (Å²) in [7, 11) is -7.96. The van der Waals surface area contributed by atoms with Crippen molar-refractivity contribution in [3.05, 3.63) is 0 Å². The summed E-state index contributed by atoms with van der Waals surface area (Å²) in [5, 5.41) is 26.0. The molecule has 16 heteroatoms. The van der Waals surface area contributed by atoms with Crippen LogP contribution in [0.4, 0.5) is 0 Å². The van der Waals surface area contributed by atoms with Crippen molar-refractivity contribution in [3.63, 3.8) is 0 Å². The fourth-order valence-electron chi connectivity index (χ4n) is 0. The van der Waals surface area contributed by atoms with Crippen molar-refractivity contribution in [1.82, 2.24) is 0 Å². The molecule has 0 radical (unpaired) electrons. The molecule has 96 valence electrons. The molecule has 16 heavy (non-hydrogen) atoms. The normalized spacial score (nSPS) is 9.00. The number of rotatable bonds is 3. The van der Waals surface area contributed by atoms with E-state index in [1.165, 1.54) is 0 Å². The van der Waals surface area contributed by atoms with E-state index in [1.54, 1.807) is 0 Å². The number of hydrogen-bond acceptors (Lipinski definition) is 12. The minimum atomic E-state index is -2.65. The summed E-state index contributed by atoms with van der Waals surface area (Å²) in [5.74, 6) is 0. The smallest absolute Gasteiger partial charge is 0.716 e. The summed E-state index contributed by atoms with van der Waals surface area (Å²) in [5.41, 5.74) is 0. The molecule has 0 aromatic rings. The molecule has 0 saturated heterocycles. The van der Waals surface area contributed by atoms with Gasteiger partial charge >= 0.3 is 43.2 Å². The Labute approximate surface area is 103 Å². The summed E-state index contributed by atoms with van der Waals surface area (Å²) in [6.45, 7) is 0. The topological polar surface area (TPSA) is 218 Å². The van der Waals surface area contributed by atoms with Gasteiger partial charge in [0.05, 0.1) is 0 Å². The molecule has 0 aromatic heterocycles. The number of hydrogen-bond donors (Lipinski definition) is 6. The van der Waals surface area contributed by atoms with Crippen molar-refractivity contribution >= 4 is 43.2 Å². The molecular formula is H6AlO12P3. The fourth-order valence-corrected chi connectivity index (χ4v) is 0. The monoisotopic (exact) mass is 318 g/mol. The minimum absolute atomic E-state index is 0. The van der Waals surface area contributed by atoms with Crippen LogP contribution in [-0.2, 0) is 14.0 Å². The molecule has 0 fully saturated rings. The molecule has 6 N–H and O–H groups in total. The molecule has 0 atom stereocenters. The first-order valence-corrected chi connectivity index (χ1v) is 5.74. The van der Waals surface area contributed by atoms with E-state index in [0.29, 0.717) is 0 Å². The molecule has 0 rings (SSSR count). The molecule has 0 spiro atoms. The Hall–Kier alpha value is 1.34.